The minimum absolute atomic E-state index is 0.143. The number of hydrogen-bond acceptors (Lipinski definition) is 2. The molecule has 4 heteroatoms. The Bertz CT molecular complexity index is 1190. The van der Waals surface area contributed by atoms with Gasteiger partial charge in [-0.15, -0.1) is 0 Å². The van der Waals surface area contributed by atoms with Crippen LogP contribution in [0.15, 0.2) is 35.2 Å². The Balaban J connectivity index is 1.65. The Morgan fingerprint density at radius 3 is 1.00 bits per heavy atom. The molecule has 0 aliphatic carbocycles. The number of hydrogen-bond donors (Lipinski definition) is 1. The smallest absolute Gasteiger partial charge is 0.282 e. The third kappa shape index (κ3) is 21.2. The SMILES string of the molecule is CCCCCCCCCCCCCCCCCCc1cc(CCCCCCCCCCCCCCCCCC)c2ccccc2c1S(=O)(=O)O. The molecule has 2 rings (SSSR count). The molecule has 0 bridgehead atoms. The lowest BCUT2D eigenvalue weighted by molar-refractivity contribution is 0.482. The van der Waals surface area contributed by atoms with Crippen LogP contribution in [0, 0.1) is 0 Å². The monoisotopic (exact) mass is 713 g/mol. The second-order valence-corrected chi connectivity index (χ2v) is 17.0. The number of fused-ring (bicyclic) bond motifs is 1. The maximum atomic E-state index is 12.6. The van der Waals surface area contributed by atoms with Gasteiger partial charge in [-0.05, 0) is 42.2 Å². The number of unbranched alkanes of at least 4 members (excludes halogenated alkanes) is 30. The fourth-order valence-electron chi connectivity index (χ4n) is 7.91. The molecule has 2 aromatic carbocycles. The Kier molecular flexibility index (Phi) is 27.0. The molecule has 0 fully saturated rings. The van der Waals surface area contributed by atoms with Gasteiger partial charge < -0.3 is 0 Å². The van der Waals surface area contributed by atoms with Crippen molar-refractivity contribution in [2.24, 2.45) is 0 Å². The van der Waals surface area contributed by atoms with Crippen LogP contribution in [0.2, 0.25) is 0 Å². The van der Waals surface area contributed by atoms with Gasteiger partial charge in [0.05, 0.1) is 0 Å². The second-order valence-electron chi connectivity index (χ2n) is 15.7. The standard InChI is InChI=1S/C46H80O3S/c1-3-5-7-9-11-13-15-17-19-21-23-25-27-29-31-33-37-42-41-43(46(50(47,48)49)45-40-36-35-39-44(42)45)38-34-32-30-28-26-24-22-20-18-16-14-12-10-8-6-4-2/h35-36,39-41H,3-34,37-38H2,1-2H3,(H,47,48,49). The third-order valence-corrected chi connectivity index (χ3v) is 12.0. The van der Waals surface area contributed by atoms with E-state index >= 15 is 0 Å². The van der Waals surface area contributed by atoms with Gasteiger partial charge in [-0.3, -0.25) is 4.55 Å². The van der Waals surface area contributed by atoms with Gasteiger partial charge in [-0.2, -0.15) is 8.42 Å². The molecule has 0 unspecified atom stereocenters. The summed E-state index contributed by atoms with van der Waals surface area (Å²) in [5.41, 5.74) is 2.05. The zero-order valence-electron chi connectivity index (χ0n) is 33.1. The van der Waals surface area contributed by atoms with Gasteiger partial charge >= 0.3 is 0 Å². The van der Waals surface area contributed by atoms with E-state index in [-0.39, 0.29) is 4.90 Å². The summed E-state index contributed by atoms with van der Waals surface area (Å²) < 4.78 is 35.5. The fourth-order valence-corrected chi connectivity index (χ4v) is 8.86. The van der Waals surface area contributed by atoms with Crippen LogP contribution < -0.4 is 0 Å². The molecular weight excluding hydrogens is 633 g/mol. The average Bonchev–Trinajstić information content (AvgIpc) is 3.10. The molecule has 0 aliphatic heterocycles. The highest BCUT2D eigenvalue weighted by Gasteiger charge is 2.21. The van der Waals surface area contributed by atoms with Crippen LogP contribution in [-0.2, 0) is 23.0 Å². The van der Waals surface area contributed by atoms with Crippen molar-refractivity contribution in [3.63, 3.8) is 0 Å². The Morgan fingerprint density at radius 1 is 0.400 bits per heavy atom. The minimum Gasteiger partial charge on any atom is -0.282 e. The summed E-state index contributed by atoms with van der Waals surface area (Å²) >= 11 is 0. The summed E-state index contributed by atoms with van der Waals surface area (Å²) in [6, 6.07) is 9.91. The topological polar surface area (TPSA) is 54.4 Å². The van der Waals surface area contributed by atoms with Crippen LogP contribution in [0.25, 0.3) is 10.8 Å². The maximum absolute atomic E-state index is 12.6. The Labute approximate surface area is 311 Å². The van der Waals surface area contributed by atoms with Gasteiger partial charge in [-0.25, -0.2) is 0 Å². The lowest BCUT2D eigenvalue weighted by Gasteiger charge is -2.15. The highest BCUT2D eigenvalue weighted by Crippen LogP contribution is 2.32. The molecule has 3 nitrogen and oxygen atoms in total. The number of rotatable bonds is 35. The van der Waals surface area contributed by atoms with Crippen LogP contribution in [0.5, 0.6) is 0 Å². The van der Waals surface area contributed by atoms with Gasteiger partial charge in [0.2, 0.25) is 0 Å². The predicted octanol–water partition coefficient (Wildman–Crippen LogP) is 15.7. The van der Waals surface area contributed by atoms with E-state index in [1.165, 1.54) is 192 Å². The van der Waals surface area contributed by atoms with Crippen molar-refractivity contribution in [1.82, 2.24) is 0 Å². The summed E-state index contributed by atoms with van der Waals surface area (Å²) in [6.07, 6.45) is 44.7. The molecule has 0 saturated heterocycles. The molecule has 0 spiro atoms. The first kappa shape index (κ1) is 44.8. The van der Waals surface area contributed by atoms with Crippen molar-refractivity contribution in [3.05, 3.63) is 41.5 Å². The van der Waals surface area contributed by atoms with Crippen molar-refractivity contribution in [2.75, 3.05) is 0 Å². The molecular formula is C46H80O3S. The predicted molar refractivity (Wildman–Crippen MR) is 220 cm³/mol. The van der Waals surface area contributed by atoms with E-state index in [0.717, 1.165) is 36.6 Å². The molecule has 0 atom stereocenters. The highest BCUT2D eigenvalue weighted by atomic mass is 32.2. The van der Waals surface area contributed by atoms with Gasteiger partial charge in [0.15, 0.2) is 0 Å². The third-order valence-electron chi connectivity index (χ3n) is 11.0. The summed E-state index contributed by atoms with van der Waals surface area (Å²) in [7, 11) is -4.30. The quantitative estimate of drug-likeness (QED) is 0.0572. The van der Waals surface area contributed by atoms with E-state index in [2.05, 4.69) is 19.9 Å². The first-order valence-corrected chi connectivity index (χ1v) is 23.4. The molecule has 0 amide bonds. The first-order chi connectivity index (χ1) is 24.5. The zero-order valence-corrected chi connectivity index (χ0v) is 33.9. The van der Waals surface area contributed by atoms with Crippen LogP contribution in [0.4, 0.5) is 0 Å². The molecule has 0 aliphatic rings. The van der Waals surface area contributed by atoms with Gasteiger partial charge in [0, 0.05) is 5.39 Å². The number of benzene rings is 2. The highest BCUT2D eigenvalue weighted by molar-refractivity contribution is 7.86. The summed E-state index contributed by atoms with van der Waals surface area (Å²) in [6.45, 7) is 4.57. The van der Waals surface area contributed by atoms with Crippen LogP contribution >= 0.6 is 0 Å². The zero-order chi connectivity index (χ0) is 36.0. The van der Waals surface area contributed by atoms with Crippen molar-refractivity contribution in [1.29, 1.82) is 0 Å². The normalized spacial score (nSPS) is 12.0. The molecule has 0 heterocycles. The summed E-state index contributed by atoms with van der Waals surface area (Å²) in [5.74, 6) is 0. The fraction of sp³-hybridized carbons (Fsp3) is 0.783. The molecule has 50 heavy (non-hydrogen) atoms. The van der Waals surface area contributed by atoms with E-state index in [4.69, 9.17) is 0 Å². The Morgan fingerprint density at radius 2 is 0.680 bits per heavy atom. The van der Waals surface area contributed by atoms with E-state index < -0.39 is 10.1 Å². The maximum Gasteiger partial charge on any atom is 0.295 e. The van der Waals surface area contributed by atoms with Crippen LogP contribution in [0.1, 0.15) is 230 Å². The van der Waals surface area contributed by atoms with Crippen molar-refractivity contribution >= 4 is 20.9 Å². The van der Waals surface area contributed by atoms with E-state index in [9.17, 15) is 13.0 Å². The van der Waals surface area contributed by atoms with Crippen molar-refractivity contribution in [2.45, 2.75) is 237 Å². The molecule has 1 N–H and O–H groups in total. The van der Waals surface area contributed by atoms with E-state index in [1.54, 1.807) is 0 Å². The van der Waals surface area contributed by atoms with E-state index in [1.807, 2.05) is 24.3 Å². The minimum atomic E-state index is -4.30. The lowest BCUT2D eigenvalue weighted by Crippen LogP contribution is -2.06. The van der Waals surface area contributed by atoms with Crippen molar-refractivity contribution in [3.8, 4) is 0 Å². The van der Waals surface area contributed by atoms with Crippen molar-refractivity contribution < 1.29 is 13.0 Å². The second kappa shape index (κ2) is 30.1. The number of aryl methyl sites for hydroxylation is 2. The molecule has 0 saturated carbocycles. The van der Waals surface area contributed by atoms with Crippen LogP contribution in [0.3, 0.4) is 0 Å². The molecule has 288 valence electrons. The molecule has 0 radical (unpaired) electrons. The van der Waals surface area contributed by atoms with Gasteiger partial charge in [-0.1, -0.05) is 237 Å². The van der Waals surface area contributed by atoms with Gasteiger partial charge in [0.1, 0.15) is 4.90 Å². The largest absolute Gasteiger partial charge is 0.295 e. The lowest BCUT2D eigenvalue weighted by atomic mass is 9.94. The molecule has 2 aromatic rings. The van der Waals surface area contributed by atoms with Gasteiger partial charge in [0.25, 0.3) is 10.1 Å². The van der Waals surface area contributed by atoms with Crippen LogP contribution in [-0.4, -0.2) is 13.0 Å². The summed E-state index contributed by atoms with van der Waals surface area (Å²) in [4.78, 5) is 0.143. The Hall–Kier alpha value is -1.39. The first-order valence-electron chi connectivity index (χ1n) is 22.0. The average molecular weight is 713 g/mol. The molecule has 0 aromatic heterocycles. The van der Waals surface area contributed by atoms with E-state index in [0.29, 0.717) is 11.8 Å². The summed E-state index contributed by atoms with van der Waals surface area (Å²) in [5, 5.41) is 1.67.